The third-order valence-electron chi connectivity index (χ3n) is 5.47. The topological polar surface area (TPSA) is 59.8 Å². The molecule has 1 atom stereocenters. The molecule has 0 N–H and O–H groups in total. The second kappa shape index (κ2) is 9.65. The predicted octanol–water partition coefficient (Wildman–Crippen LogP) is 2.30. The van der Waals surface area contributed by atoms with Crippen LogP contribution in [-0.4, -0.2) is 83.6 Å². The van der Waals surface area contributed by atoms with Crippen molar-refractivity contribution < 1.29 is 14.3 Å². The summed E-state index contributed by atoms with van der Waals surface area (Å²) in [6.07, 6.45) is 6.38. The van der Waals surface area contributed by atoms with E-state index in [1.54, 1.807) is 13.3 Å². The number of carbonyl (C=O) groups excluding carboxylic acids is 1. The molecule has 0 aliphatic carbocycles. The largest absolute Gasteiger partial charge is 0.497 e. The fraction of sp³-hybridized carbons (Fsp3) is 0.524. The van der Waals surface area contributed by atoms with Crippen LogP contribution in [0.5, 0.6) is 5.75 Å². The molecule has 2 fully saturated rings. The molecule has 8 heteroatoms. The van der Waals surface area contributed by atoms with Gasteiger partial charge in [-0.25, -0.2) is 4.98 Å². The maximum Gasteiger partial charge on any atom is 0.233 e. The Morgan fingerprint density at radius 1 is 1.31 bits per heavy atom. The predicted molar refractivity (Wildman–Crippen MR) is 113 cm³/mol. The van der Waals surface area contributed by atoms with Crippen molar-refractivity contribution in [2.45, 2.75) is 24.1 Å². The van der Waals surface area contributed by atoms with Gasteiger partial charge in [-0.3, -0.25) is 14.3 Å². The number of imidazole rings is 1. The third kappa shape index (κ3) is 5.12. The van der Waals surface area contributed by atoms with E-state index in [9.17, 15) is 4.79 Å². The van der Waals surface area contributed by atoms with E-state index in [0.29, 0.717) is 11.9 Å². The summed E-state index contributed by atoms with van der Waals surface area (Å²) in [6.45, 7) is 5.32. The molecule has 2 aliphatic heterocycles. The van der Waals surface area contributed by atoms with Gasteiger partial charge in [-0.05, 0) is 25.0 Å². The summed E-state index contributed by atoms with van der Waals surface area (Å²) >= 11 is 1.48. The minimum Gasteiger partial charge on any atom is -0.497 e. The number of methoxy groups -OCH3 is 1. The van der Waals surface area contributed by atoms with Crippen LogP contribution in [0.3, 0.4) is 0 Å². The number of hydrogen-bond donors (Lipinski definition) is 0. The maximum atomic E-state index is 12.7. The molecule has 3 heterocycles. The van der Waals surface area contributed by atoms with Crippen molar-refractivity contribution in [1.29, 1.82) is 0 Å². The van der Waals surface area contributed by atoms with Crippen LogP contribution in [0.2, 0.25) is 0 Å². The second-order valence-electron chi connectivity index (χ2n) is 7.39. The lowest BCUT2D eigenvalue weighted by atomic mass is 10.2. The van der Waals surface area contributed by atoms with Crippen molar-refractivity contribution in [3.63, 3.8) is 0 Å². The van der Waals surface area contributed by atoms with E-state index >= 15 is 0 Å². The molecule has 0 saturated carbocycles. The molecule has 0 unspecified atom stereocenters. The summed E-state index contributed by atoms with van der Waals surface area (Å²) in [7, 11) is 1.65. The van der Waals surface area contributed by atoms with E-state index < -0.39 is 0 Å². The van der Waals surface area contributed by atoms with E-state index in [0.717, 1.165) is 62.3 Å². The Kier molecular flexibility index (Phi) is 6.74. The normalized spacial score (nSPS) is 20.2. The number of benzene rings is 1. The van der Waals surface area contributed by atoms with Crippen LogP contribution in [0.4, 0.5) is 0 Å². The first-order valence-electron chi connectivity index (χ1n) is 10.2. The summed E-state index contributed by atoms with van der Waals surface area (Å²) in [5.74, 6) is 1.36. The molecular formula is C21H28N4O3S. The summed E-state index contributed by atoms with van der Waals surface area (Å²) in [4.78, 5) is 21.5. The molecule has 1 amide bonds. The van der Waals surface area contributed by atoms with Crippen LogP contribution < -0.4 is 4.74 Å². The Morgan fingerprint density at radius 2 is 2.17 bits per heavy atom. The van der Waals surface area contributed by atoms with Gasteiger partial charge in [0.15, 0.2) is 5.16 Å². The van der Waals surface area contributed by atoms with Crippen LogP contribution in [0, 0.1) is 0 Å². The molecule has 1 aromatic heterocycles. The number of piperazine rings is 1. The quantitative estimate of drug-likeness (QED) is 0.646. The minimum atomic E-state index is 0.173. The molecule has 2 aromatic rings. The van der Waals surface area contributed by atoms with E-state index in [-0.39, 0.29) is 5.91 Å². The molecule has 29 heavy (non-hydrogen) atoms. The highest BCUT2D eigenvalue weighted by atomic mass is 32.2. The lowest BCUT2D eigenvalue weighted by molar-refractivity contribution is -0.130. The average Bonchev–Trinajstić information content (AvgIpc) is 3.44. The lowest BCUT2D eigenvalue weighted by Gasteiger charge is -2.35. The van der Waals surface area contributed by atoms with Crippen molar-refractivity contribution in [1.82, 2.24) is 19.4 Å². The van der Waals surface area contributed by atoms with E-state index in [1.807, 2.05) is 39.9 Å². The number of ether oxygens (including phenoxy) is 2. The summed E-state index contributed by atoms with van der Waals surface area (Å²) in [5, 5.41) is 0.809. The molecular weight excluding hydrogens is 388 g/mol. The van der Waals surface area contributed by atoms with Crippen LogP contribution in [0.25, 0.3) is 5.69 Å². The monoisotopic (exact) mass is 416 g/mol. The van der Waals surface area contributed by atoms with E-state index in [2.05, 4.69) is 9.88 Å². The molecule has 1 aromatic carbocycles. The highest BCUT2D eigenvalue weighted by Gasteiger charge is 2.25. The first-order chi connectivity index (χ1) is 14.2. The smallest absolute Gasteiger partial charge is 0.233 e. The van der Waals surface area contributed by atoms with E-state index in [4.69, 9.17) is 9.47 Å². The number of thioether (sulfide) groups is 1. The number of carbonyl (C=O) groups is 1. The molecule has 0 radical (unpaired) electrons. The van der Waals surface area contributed by atoms with Gasteiger partial charge in [-0.15, -0.1) is 0 Å². The number of amides is 1. The van der Waals surface area contributed by atoms with Crippen LogP contribution in [0.1, 0.15) is 12.8 Å². The van der Waals surface area contributed by atoms with Gasteiger partial charge in [0.25, 0.3) is 0 Å². The van der Waals surface area contributed by atoms with Crippen LogP contribution >= 0.6 is 11.8 Å². The standard InChI is InChI=1S/C21H28N4O3S/c1-27-18-5-2-4-17(14-18)25-8-7-22-21(25)29-16-20(26)24-11-9-23(10-12-24)15-19-6-3-13-28-19/h2,4-5,7-8,14,19H,3,6,9-13,15-16H2,1H3/t19-/m0/s1. The Labute approximate surface area is 176 Å². The minimum absolute atomic E-state index is 0.173. The van der Waals surface area contributed by atoms with E-state index in [1.165, 1.54) is 18.2 Å². The summed E-state index contributed by atoms with van der Waals surface area (Å²) in [5.41, 5.74) is 0.972. The molecule has 7 nitrogen and oxygen atoms in total. The third-order valence-corrected chi connectivity index (χ3v) is 6.43. The zero-order valence-electron chi connectivity index (χ0n) is 16.8. The second-order valence-corrected chi connectivity index (χ2v) is 8.33. The Hall–Kier alpha value is -2.03. The van der Waals surface area contributed by atoms with Gasteiger partial charge >= 0.3 is 0 Å². The van der Waals surface area contributed by atoms with Gasteiger partial charge in [0.1, 0.15) is 5.75 Å². The molecule has 4 rings (SSSR count). The van der Waals surface area contributed by atoms with Gasteiger partial charge in [-0.2, -0.15) is 0 Å². The molecule has 0 spiro atoms. The number of aromatic nitrogens is 2. The zero-order valence-corrected chi connectivity index (χ0v) is 17.6. The number of hydrogen-bond acceptors (Lipinski definition) is 6. The lowest BCUT2D eigenvalue weighted by Crippen LogP contribution is -2.50. The van der Waals surface area contributed by atoms with Crippen molar-refractivity contribution >= 4 is 17.7 Å². The Bertz CT molecular complexity index is 814. The van der Waals surface area contributed by atoms with Gasteiger partial charge < -0.3 is 14.4 Å². The summed E-state index contributed by atoms with van der Waals surface area (Å²) < 4.78 is 13.0. The van der Waals surface area contributed by atoms with Gasteiger partial charge in [-0.1, -0.05) is 17.8 Å². The van der Waals surface area contributed by atoms with Gasteiger partial charge in [0.2, 0.25) is 5.91 Å². The number of nitrogens with zero attached hydrogens (tertiary/aromatic N) is 4. The average molecular weight is 417 g/mol. The SMILES string of the molecule is COc1cccc(-n2ccnc2SCC(=O)N2CCN(C[C@@H]3CCCO3)CC2)c1. The molecule has 2 saturated heterocycles. The Morgan fingerprint density at radius 3 is 2.93 bits per heavy atom. The fourth-order valence-electron chi connectivity index (χ4n) is 3.83. The van der Waals surface area contributed by atoms with Crippen molar-refractivity contribution in [3.05, 3.63) is 36.7 Å². The Balaban J connectivity index is 1.28. The van der Waals surface area contributed by atoms with Crippen molar-refractivity contribution in [3.8, 4) is 11.4 Å². The molecule has 2 aliphatic rings. The highest BCUT2D eigenvalue weighted by Crippen LogP contribution is 2.23. The zero-order chi connectivity index (χ0) is 20.1. The highest BCUT2D eigenvalue weighted by molar-refractivity contribution is 7.99. The summed E-state index contributed by atoms with van der Waals surface area (Å²) in [6, 6.07) is 7.82. The van der Waals surface area contributed by atoms with Crippen LogP contribution in [0.15, 0.2) is 41.8 Å². The first-order valence-corrected chi connectivity index (χ1v) is 11.1. The molecule has 156 valence electrons. The van der Waals surface area contributed by atoms with Crippen LogP contribution in [-0.2, 0) is 9.53 Å². The van der Waals surface area contributed by atoms with Crippen molar-refractivity contribution in [2.24, 2.45) is 0 Å². The van der Waals surface area contributed by atoms with Gasteiger partial charge in [0, 0.05) is 57.8 Å². The van der Waals surface area contributed by atoms with Gasteiger partial charge in [0.05, 0.1) is 24.7 Å². The maximum absolute atomic E-state index is 12.7. The fourth-order valence-corrected chi connectivity index (χ4v) is 4.70. The van der Waals surface area contributed by atoms with Crippen molar-refractivity contribution in [2.75, 3.05) is 52.2 Å². The number of rotatable bonds is 7. The molecule has 0 bridgehead atoms. The first kappa shape index (κ1) is 20.3.